The first-order chi connectivity index (χ1) is 11.6. The third kappa shape index (κ3) is 9.09. The number of hydrogen-bond donors (Lipinski definition) is 3. The molecule has 0 aliphatic heterocycles. The van der Waals surface area contributed by atoms with E-state index in [1.807, 2.05) is 19.1 Å². The van der Waals surface area contributed by atoms with E-state index in [1.165, 1.54) is 0 Å². The van der Waals surface area contributed by atoms with Gasteiger partial charge in [0.25, 0.3) is 0 Å². The Morgan fingerprint density at radius 2 is 1.80 bits per heavy atom. The number of anilines is 1. The summed E-state index contributed by atoms with van der Waals surface area (Å²) in [5.74, 6) is -0.655. The van der Waals surface area contributed by atoms with Gasteiger partial charge in [0, 0.05) is 23.1 Å². The first-order valence-electron chi connectivity index (χ1n) is 7.86. The Morgan fingerprint density at radius 1 is 1.12 bits per heavy atom. The Morgan fingerprint density at radius 3 is 2.40 bits per heavy atom. The van der Waals surface area contributed by atoms with Crippen molar-refractivity contribution in [3.8, 4) is 0 Å². The van der Waals surface area contributed by atoms with Crippen LogP contribution in [-0.4, -0.2) is 36.6 Å². The minimum Gasteiger partial charge on any atom is -0.444 e. The van der Waals surface area contributed by atoms with Gasteiger partial charge >= 0.3 is 6.09 Å². The zero-order valence-electron chi connectivity index (χ0n) is 14.9. The van der Waals surface area contributed by atoms with Crippen LogP contribution in [0.4, 0.5) is 10.5 Å². The second kappa shape index (κ2) is 9.41. The Hall–Kier alpha value is -2.09. The molecule has 3 amide bonds. The number of nitrogens with one attached hydrogen (secondary N) is 3. The Balaban J connectivity index is 2.27. The van der Waals surface area contributed by atoms with Crippen molar-refractivity contribution in [2.75, 3.05) is 18.4 Å². The summed E-state index contributed by atoms with van der Waals surface area (Å²) < 4.78 is 5.98. The first-order valence-corrected chi connectivity index (χ1v) is 8.65. The van der Waals surface area contributed by atoms with E-state index >= 15 is 0 Å². The fourth-order valence-corrected chi connectivity index (χ4v) is 2.30. The van der Waals surface area contributed by atoms with Crippen molar-refractivity contribution in [3.63, 3.8) is 0 Å². The molecule has 8 heteroatoms. The predicted octanol–water partition coefficient (Wildman–Crippen LogP) is 2.73. The van der Waals surface area contributed by atoms with Gasteiger partial charge < -0.3 is 20.7 Å². The highest BCUT2D eigenvalue weighted by molar-refractivity contribution is 9.10. The molecule has 0 fully saturated rings. The summed E-state index contributed by atoms with van der Waals surface area (Å²) in [6, 6.07) is 5.49. The number of hydrogen-bond acceptors (Lipinski definition) is 4. The number of rotatable bonds is 6. The molecule has 7 nitrogen and oxygen atoms in total. The van der Waals surface area contributed by atoms with Crippen LogP contribution in [0.5, 0.6) is 0 Å². The summed E-state index contributed by atoms with van der Waals surface area (Å²) in [6.07, 6.45) is -0.520. The normalized spacial score (nSPS) is 10.8. The summed E-state index contributed by atoms with van der Waals surface area (Å²) in [4.78, 5) is 35.0. The maximum atomic E-state index is 11.9. The van der Waals surface area contributed by atoms with Crippen LogP contribution < -0.4 is 16.0 Å². The molecule has 0 aromatic heterocycles. The molecule has 1 aromatic rings. The van der Waals surface area contributed by atoms with Crippen molar-refractivity contribution < 1.29 is 19.1 Å². The number of alkyl carbamates (subject to hydrolysis) is 1. The lowest BCUT2D eigenvalue weighted by Gasteiger charge is -2.19. The highest BCUT2D eigenvalue weighted by atomic mass is 79.9. The summed E-state index contributed by atoms with van der Waals surface area (Å²) >= 11 is 3.35. The molecule has 0 saturated heterocycles. The van der Waals surface area contributed by atoms with Crippen LogP contribution in [0.1, 0.15) is 32.8 Å². The lowest BCUT2D eigenvalue weighted by molar-refractivity contribution is -0.124. The van der Waals surface area contributed by atoms with E-state index in [1.54, 1.807) is 26.8 Å². The van der Waals surface area contributed by atoms with Crippen molar-refractivity contribution >= 4 is 39.5 Å². The van der Waals surface area contributed by atoms with E-state index in [0.717, 1.165) is 10.0 Å². The molecular formula is C17H24BrN3O4. The number of amides is 3. The Bertz CT molecular complexity index is 641. The number of aryl methyl sites for hydroxylation is 1. The molecule has 0 radical (unpaired) electrons. The average molecular weight is 414 g/mol. The number of halogens is 1. The van der Waals surface area contributed by atoms with Gasteiger partial charge in [0.2, 0.25) is 11.8 Å². The van der Waals surface area contributed by atoms with E-state index < -0.39 is 11.7 Å². The van der Waals surface area contributed by atoms with Gasteiger partial charge in [-0.3, -0.25) is 9.59 Å². The van der Waals surface area contributed by atoms with Gasteiger partial charge in [-0.25, -0.2) is 4.79 Å². The highest BCUT2D eigenvalue weighted by Gasteiger charge is 2.16. The van der Waals surface area contributed by atoms with Gasteiger partial charge in [-0.05, 0) is 51.5 Å². The lowest BCUT2D eigenvalue weighted by atomic mass is 10.2. The number of ether oxygens (including phenoxy) is 1. The van der Waals surface area contributed by atoms with Crippen molar-refractivity contribution in [1.29, 1.82) is 0 Å². The molecule has 1 rings (SSSR count). The third-order valence-corrected chi connectivity index (χ3v) is 3.42. The van der Waals surface area contributed by atoms with E-state index in [-0.39, 0.29) is 31.3 Å². The summed E-state index contributed by atoms with van der Waals surface area (Å²) in [5.41, 5.74) is 1.01. The smallest absolute Gasteiger partial charge is 0.407 e. The van der Waals surface area contributed by atoms with Crippen LogP contribution in [0.2, 0.25) is 0 Å². The zero-order chi connectivity index (χ0) is 19.0. The largest absolute Gasteiger partial charge is 0.444 e. The first kappa shape index (κ1) is 21.0. The summed E-state index contributed by atoms with van der Waals surface area (Å²) in [6.45, 7) is 7.14. The van der Waals surface area contributed by atoms with Crippen molar-refractivity contribution in [2.24, 2.45) is 0 Å². The highest BCUT2D eigenvalue weighted by Crippen LogP contribution is 2.19. The second-order valence-corrected chi connectivity index (χ2v) is 7.38. The van der Waals surface area contributed by atoms with Crippen LogP contribution in [-0.2, 0) is 14.3 Å². The Kier molecular flexibility index (Phi) is 7.89. The molecule has 0 heterocycles. The molecule has 0 spiro atoms. The number of carbonyl (C=O) groups excluding carboxylic acids is 3. The fraction of sp³-hybridized carbons (Fsp3) is 0.471. The number of carbonyl (C=O) groups is 3. The van der Waals surface area contributed by atoms with Gasteiger partial charge in [0.1, 0.15) is 5.60 Å². The van der Waals surface area contributed by atoms with E-state index in [0.29, 0.717) is 5.69 Å². The average Bonchev–Trinajstić information content (AvgIpc) is 2.46. The molecular weight excluding hydrogens is 390 g/mol. The van der Waals surface area contributed by atoms with E-state index in [4.69, 9.17) is 4.74 Å². The predicted molar refractivity (Wildman–Crippen MR) is 99.4 cm³/mol. The lowest BCUT2D eigenvalue weighted by Crippen LogP contribution is -2.37. The molecule has 0 unspecified atom stereocenters. The molecule has 0 atom stereocenters. The second-order valence-electron chi connectivity index (χ2n) is 6.46. The van der Waals surface area contributed by atoms with Gasteiger partial charge in [0.05, 0.1) is 6.54 Å². The van der Waals surface area contributed by atoms with Gasteiger partial charge in [-0.2, -0.15) is 0 Å². The molecule has 0 aliphatic rings. The van der Waals surface area contributed by atoms with Crippen molar-refractivity contribution in [1.82, 2.24) is 10.6 Å². The van der Waals surface area contributed by atoms with Crippen molar-refractivity contribution in [2.45, 2.75) is 39.7 Å². The topological polar surface area (TPSA) is 96.5 Å². The quantitative estimate of drug-likeness (QED) is 0.667. The molecule has 0 saturated carbocycles. The van der Waals surface area contributed by atoms with Gasteiger partial charge in [-0.1, -0.05) is 15.9 Å². The maximum Gasteiger partial charge on any atom is 0.407 e. The fourth-order valence-electron chi connectivity index (χ4n) is 1.82. The standard InChI is InChI=1S/C17H24BrN3O4/c1-11-9-12(18)5-6-13(11)21-15(23)10-20-14(22)7-8-19-16(24)25-17(2,3)4/h5-6,9H,7-8,10H2,1-4H3,(H,19,24)(H,20,22)(H,21,23). The number of benzene rings is 1. The van der Waals surface area contributed by atoms with Crippen LogP contribution in [0, 0.1) is 6.92 Å². The van der Waals surface area contributed by atoms with E-state index in [9.17, 15) is 14.4 Å². The summed E-state index contributed by atoms with van der Waals surface area (Å²) in [5, 5.41) is 7.72. The molecule has 138 valence electrons. The molecule has 3 N–H and O–H groups in total. The van der Waals surface area contributed by atoms with Gasteiger partial charge in [-0.15, -0.1) is 0 Å². The monoisotopic (exact) mass is 413 g/mol. The van der Waals surface area contributed by atoms with Crippen LogP contribution in [0.25, 0.3) is 0 Å². The molecule has 0 aliphatic carbocycles. The van der Waals surface area contributed by atoms with Crippen molar-refractivity contribution in [3.05, 3.63) is 28.2 Å². The summed E-state index contributed by atoms with van der Waals surface area (Å²) in [7, 11) is 0. The molecule has 0 bridgehead atoms. The van der Waals surface area contributed by atoms with Crippen LogP contribution in [0.3, 0.4) is 0 Å². The zero-order valence-corrected chi connectivity index (χ0v) is 16.5. The molecule has 1 aromatic carbocycles. The molecule has 25 heavy (non-hydrogen) atoms. The SMILES string of the molecule is Cc1cc(Br)ccc1NC(=O)CNC(=O)CCNC(=O)OC(C)(C)C. The third-order valence-electron chi connectivity index (χ3n) is 2.93. The minimum atomic E-state index is -0.588. The van der Waals surface area contributed by atoms with Gasteiger partial charge in [0.15, 0.2) is 0 Å². The maximum absolute atomic E-state index is 11.9. The van der Waals surface area contributed by atoms with Crippen LogP contribution >= 0.6 is 15.9 Å². The minimum absolute atomic E-state index is 0.0594. The Labute approximate surface area is 156 Å². The van der Waals surface area contributed by atoms with E-state index in [2.05, 4.69) is 31.9 Å². The van der Waals surface area contributed by atoms with Crippen LogP contribution in [0.15, 0.2) is 22.7 Å².